The highest BCUT2D eigenvalue weighted by Crippen LogP contribution is 2.35. The maximum absolute atomic E-state index is 13.3. The molecule has 0 unspecified atom stereocenters. The van der Waals surface area contributed by atoms with Crippen LogP contribution in [0, 0.1) is 19.7 Å². The van der Waals surface area contributed by atoms with Crippen molar-refractivity contribution in [2.75, 3.05) is 14.2 Å². The number of carboxylic acid groups (broad SMARTS) is 2. The first-order valence-corrected chi connectivity index (χ1v) is 19.4. The van der Waals surface area contributed by atoms with E-state index in [-0.39, 0.29) is 30.0 Å². The summed E-state index contributed by atoms with van der Waals surface area (Å²) in [6.45, 7) is 3.72. The third-order valence-corrected chi connectivity index (χ3v) is 9.97. The largest absolute Gasteiger partial charge is 0.494 e. The van der Waals surface area contributed by atoms with Gasteiger partial charge in [-0.15, -0.1) is 0 Å². The van der Waals surface area contributed by atoms with Crippen LogP contribution < -0.4 is 20.1 Å². The number of amides is 2. The molecule has 0 spiro atoms. The molecule has 15 heteroatoms. The number of rotatable bonds is 14. The van der Waals surface area contributed by atoms with E-state index in [4.69, 9.17) is 32.7 Å². The standard InChI is InChI=1S/C23H20Cl2N2O4.C23H21FN2O4/c1-13-5-3-4-6-15(13)19(12-21(28)29)27-23(30)18-9-10-20(31-2)22(26-18)16-8-7-14(24)11-17(16)25;1-14-5-3-4-6-17(14)19(13-21(27)28)26-23(29)18-11-12-20(30-2)22(25-18)15-7-9-16(24)10-8-15/h3-11,19H,12H2,1-2H3,(H,27,30)(H,28,29);3-12,19H,13H2,1-2H3,(H,26,29)(H,27,28)/t2*19-/m00/s1. The van der Waals surface area contributed by atoms with Gasteiger partial charge in [0.05, 0.1) is 44.2 Å². The van der Waals surface area contributed by atoms with E-state index in [1.807, 2.05) is 38.1 Å². The van der Waals surface area contributed by atoms with Gasteiger partial charge in [-0.2, -0.15) is 0 Å². The van der Waals surface area contributed by atoms with E-state index >= 15 is 0 Å². The second-order valence-corrected chi connectivity index (χ2v) is 14.4. The van der Waals surface area contributed by atoms with Gasteiger partial charge in [0.15, 0.2) is 0 Å². The summed E-state index contributed by atoms with van der Waals surface area (Å²) in [6, 6.07) is 30.0. The number of carboxylic acids is 2. The number of nitrogens with zero attached hydrogens (tertiary/aromatic N) is 2. The van der Waals surface area contributed by atoms with Gasteiger partial charge in [0.2, 0.25) is 0 Å². The molecule has 0 aliphatic heterocycles. The van der Waals surface area contributed by atoms with Gasteiger partial charge < -0.3 is 30.3 Å². The van der Waals surface area contributed by atoms with Gasteiger partial charge in [-0.1, -0.05) is 71.7 Å². The quantitative estimate of drug-likeness (QED) is 0.0825. The van der Waals surface area contributed by atoms with Crippen molar-refractivity contribution in [1.82, 2.24) is 20.6 Å². The maximum atomic E-state index is 13.3. The molecular formula is C46H41Cl2FN4O8. The fourth-order valence-electron chi connectivity index (χ4n) is 6.41. The molecule has 4 N–H and O–H groups in total. The van der Waals surface area contributed by atoms with Crippen LogP contribution in [-0.4, -0.2) is 58.2 Å². The zero-order chi connectivity index (χ0) is 44.2. The van der Waals surface area contributed by atoms with Gasteiger partial charge >= 0.3 is 11.9 Å². The smallest absolute Gasteiger partial charge is 0.305 e. The van der Waals surface area contributed by atoms with Crippen molar-refractivity contribution in [2.45, 2.75) is 38.8 Å². The number of aliphatic carboxylic acids is 2. The Balaban J connectivity index is 0.000000231. The van der Waals surface area contributed by atoms with E-state index in [1.165, 1.54) is 38.5 Å². The highest BCUT2D eigenvalue weighted by Gasteiger charge is 2.24. The lowest BCUT2D eigenvalue weighted by atomic mass is 9.98. The summed E-state index contributed by atoms with van der Waals surface area (Å²) in [7, 11) is 2.97. The van der Waals surface area contributed by atoms with E-state index in [0.717, 1.165) is 22.3 Å². The van der Waals surface area contributed by atoms with E-state index in [2.05, 4.69) is 20.6 Å². The Hall–Kier alpha value is -6.83. The monoisotopic (exact) mass is 866 g/mol. The molecule has 0 fully saturated rings. The number of hydrogen-bond donors (Lipinski definition) is 4. The summed E-state index contributed by atoms with van der Waals surface area (Å²) in [5.41, 5.74) is 5.31. The van der Waals surface area contributed by atoms with E-state index < -0.39 is 35.8 Å². The molecular weight excluding hydrogens is 826 g/mol. The van der Waals surface area contributed by atoms with Gasteiger partial charge in [0.1, 0.15) is 40.1 Å². The van der Waals surface area contributed by atoms with Crippen LogP contribution in [0.15, 0.2) is 115 Å². The van der Waals surface area contributed by atoms with Gasteiger partial charge in [-0.25, -0.2) is 14.4 Å². The molecule has 0 bridgehead atoms. The number of nitrogens with one attached hydrogen (secondary N) is 2. The summed E-state index contributed by atoms with van der Waals surface area (Å²) >= 11 is 12.3. The fourth-order valence-corrected chi connectivity index (χ4v) is 6.91. The van der Waals surface area contributed by atoms with Crippen molar-refractivity contribution in [1.29, 1.82) is 0 Å². The molecule has 4 aromatic carbocycles. The molecule has 0 saturated carbocycles. The highest BCUT2D eigenvalue weighted by atomic mass is 35.5. The molecule has 2 aromatic heterocycles. The molecule has 0 saturated heterocycles. The lowest BCUT2D eigenvalue weighted by molar-refractivity contribution is -0.138. The summed E-state index contributed by atoms with van der Waals surface area (Å²) in [4.78, 5) is 57.4. The maximum Gasteiger partial charge on any atom is 0.305 e. The van der Waals surface area contributed by atoms with Gasteiger partial charge in [-0.05, 0) is 103 Å². The number of hydrogen-bond acceptors (Lipinski definition) is 8. The Morgan fingerprint density at radius 1 is 0.639 bits per heavy atom. The number of pyridine rings is 2. The first-order chi connectivity index (χ1) is 29.2. The lowest BCUT2D eigenvalue weighted by Gasteiger charge is -2.19. The van der Waals surface area contributed by atoms with Crippen molar-refractivity contribution in [3.63, 3.8) is 0 Å². The van der Waals surface area contributed by atoms with Crippen LogP contribution in [0.2, 0.25) is 10.0 Å². The number of benzene rings is 4. The molecule has 12 nitrogen and oxygen atoms in total. The van der Waals surface area contributed by atoms with Crippen molar-refractivity contribution >= 4 is 47.0 Å². The number of aromatic nitrogens is 2. The van der Waals surface area contributed by atoms with Crippen LogP contribution >= 0.6 is 23.2 Å². The summed E-state index contributed by atoms with van der Waals surface area (Å²) in [6.07, 6.45) is -0.528. The van der Waals surface area contributed by atoms with Crippen LogP contribution in [0.5, 0.6) is 11.5 Å². The average Bonchev–Trinajstić information content (AvgIpc) is 3.23. The SMILES string of the molecule is COc1ccc(C(=O)N[C@@H](CC(=O)O)c2ccccc2C)nc1-c1ccc(Cl)cc1Cl.COc1ccc(C(=O)N[C@@H](CC(=O)O)c2ccccc2C)nc1-c1ccc(F)cc1. The second kappa shape index (κ2) is 20.9. The second-order valence-electron chi connectivity index (χ2n) is 13.6. The van der Waals surface area contributed by atoms with Gasteiger partial charge in [-0.3, -0.25) is 19.2 Å². The molecule has 0 radical (unpaired) electrons. The molecule has 0 aliphatic rings. The molecule has 0 aliphatic carbocycles. The van der Waals surface area contributed by atoms with E-state index in [0.29, 0.717) is 44.1 Å². The molecule has 6 aromatic rings. The van der Waals surface area contributed by atoms with Crippen LogP contribution in [0.25, 0.3) is 22.5 Å². The lowest BCUT2D eigenvalue weighted by Crippen LogP contribution is -2.31. The zero-order valence-electron chi connectivity index (χ0n) is 33.4. The summed E-state index contributed by atoms with van der Waals surface area (Å²) in [5.74, 6) is -2.61. The van der Waals surface area contributed by atoms with Crippen LogP contribution in [-0.2, 0) is 9.59 Å². The predicted molar refractivity (Wildman–Crippen MR) is 230 cm³/mol. The normalized spacial score (nSPS) is 11.6. The van der Waals surface area contributed by atoms with E-state index in [1.54, 1.807) is 66.7 Å². The number of halogens is 3. The Morgan fingerprint density at radius 3 is 1.54 bits per heavy atom. The zero-order valence-corrected chi connectivity index (χ0v) is 34.9. The van der Waals surface area contributed by atoms with Gasteiger partial charge in [0, 0.05) is 16.1 Å². The Bertz CT molecular complexity index is 2560. The number of carbonyl (C=O) groups is 4. The first-order valence-electron chi connectivity index (χ1n) is 18.7. The van der Waals surface area contributed by atoms with Gasteiger partial charge in [0.25, 0.3) is 11.8 Å². The predicted octanol–water partition coefficient (Wildman–Crippen LogP) is 9.47. The Labute approximate surface area is 361 Å². The topological polar surface area (TPSA) is 177 Å². The molecule has 314 valence electrons. The third-order valence-electron chi connectivity index (χ3n) is 9.42. The van der Waals surface area contributed by atoms with Crippen molar-refractivity contribution < 1.29 is 43.3 Å². The highest BCUT2D eigenvalue weighted by molar-refractivity contribution is 6.36. The molecule has 61 heavy (non-hydrogen) atoms. The Kier molecular flexibility index (Phi) is 15.5. The minimum Gasteiger partial charge on any atom is -0.494 e. The molecule has 2 amide bonds. The molecule has 6 rings (SSSR count). The molecule has 2 heterocycles. The minimum atomic E-state index is -1.03. The van der Waals surface area contributed by atoms with E-state index in [9.17, 15) is 33.8 Å². The van der Waals surface area contributed by atoms with Crippen LogP contribution in [0.3, 0.4) is 0 Å². The van der Waals surface area contributed by atoms with Crippen LogP contribution in [0.4, 0.5) is 4.39 Å². The minimum absolute atomic E-state index is 0.0964. The average molecular weight is 868 g/mol. The first kappa shape index (κ1) is 45.3. The van der Waals surface area contributed by atoms with Crippen molar-refractivity contribution in [2.24, 2.45) is 0 Å². The van der Waals surface area contributed by atoms with Crippen molar-refractivity contribution in [3.05, 3.63) is 165 Å². The number of aryl methyl sites for hydroxylation is 2. The number of carbonyl (C=O) groups excluding carboxylic acids is 2. The number of methoxy groups -OCH3 is 2. The fraction of sp³-hybridized carbons (Fsp3) is 0.174. The van der Waals surface area contributed by atoms with Crippen molar-refractivity contribution in [3.8, 4) is 34.0 Å². The van der Waals surface area contributed by atoms with Crippen LogP contribution in [0.1, 0.15) is 68.2 Å². The third kappa shape index (κ3) is 11.9. The Morgan fingerprint density at radius 2 is 1.10 bits per heavy atom. The summed E-state index contributed by atoms with van der Waals surface area (Å²) < 4.78 is 24.0. The summed E-state index contributed by atoms with van der Waals surface area (Å²) in [5, 5.41) is 25.0. The molecule has 2 atom stereocenters. The number of ether oxygens (including phenoxy) is 2.